The Balaban J connectivity index is 1.93. The van der Waals surface area contributed by atoms with Crippen LogP contribution in [0.3, 0.4) is 0 Å². The van der Waals surface area contributed by atoms with Gasteiger partial charge in [-0.2, -0.15) is 0 Å². The summed E-state index contributed by atoms with van der Waals surface area (Å²) in [6.45, 7) is 4.78. The number of nitrogens with one attached hydrogen (secondary N) is 1. The monoisotopic (exact) mass is 238 g/mol. The number of rotatable bonds is 3. The van der Waals surface area contributed by atoms with Crippen LogP contribution in [0, 0.1) is 0 Å². The number of ether oxygens (including phenoxy) is 1. The Morgan fingerprint density at radius 1 is 1.50 bits per heavy atom. The molecule has 1 N–H and O–H groups in total. The van der Waals surface area contributed by atoms with E-state index in [1.165, 1.54) is 34.8 Å². The quantitative estimate of drug-likeness (QED) is 0.872. The zero-order valence-electron chi connectivity index (χ0n) is 9.71. The molecule has 4 heteroatoms. The largest absolute Gasteiger partial charge is 0.379 e. The van der Waals surface area contributed by atoms with Gasteiger partial charge in [-0.25, -0.2) is 4.98 Å². The van der Waals surface area contributed by atoms with Gasteiger partial charge in [0.2, 0.25) is 0 Å². The van der Waals surface area contributed by atoms with Crippen molar-refractivity contribution in [1.82, 2.24) is 10.3 Å². The van der Waals surface area contributed by atoms with Crippen LogP contribution in [0.2, 0.25) is 0 Å². The van der Waals surface area contributed by atoms with Crippen LogP contribution in [0.4, 0.5) is 0 Å². The van der Waals surface area contributed by atoms with E-state index in [0.29, 0.717) is 0 Å². The van der Waals surface area contributed by atoms with E-state index in [2.05, 4.69) is 12.2 Å². The van der Waals surface area contributed by atoms with Crippen LogP contribution in [0.1, 0.15) is 35.3 Å². The first-order valence-electron chi connectivity index (χ1n) is 6.16. The number of nitrogens with zero attached hydrogens (tertiary/aromatic N) is 1. The molecule has 0 radical (unpaired) electrons. The van der Waals surface area contributed by atoms with Crippen LogP contribution in [0.25, 0.3) is 0 Å². The van der Waals surface area contributed by atoms with E-state index in [9.17, 15) is 0 Å². The third-order valence-corrected chi connectivity index (χ3v) is 4.90. The van der Waals surface area contributed by atoms with Crippen molar-refractivity contribution in [1.29, 1.82) is 0 Å². The van der Waals surface area contributed by atoms with E-state index in [1.54, 1.807) is 0 Å². The lowest BCUT2D eigenvalue weighted by Crippen LogP contribution is -2.42. The first kappa shape index (κ1) is 10.7. The summed E-state index contributed by atoms with van der Waals surface area (Å²) < 4.78 is 5.57. The van der Waals surface area contributed by atoms with Crippen molar-refractivity contribution in [2.45, 2.75) is 38.1 Å². The Kier molecular flexibility index (Phi) is 2.73. The van der Waals surface area contributed by atoms with Crippen LogP contribution in [0.15, 0.2) is 0 Å². The highest BCUT2D eigenvalue weighted by Crippen LogP contribution is 2.37. The lowest BCUT2D eigenvalue weighted by atomic mass is 10.00. The van der Waals surface area contributed by atoms with E-state index in [-0.39, 0.29) is 5.54 Å². The molecule has 0 aromatic carbocycles. The highest BCUT2D eigenvalue weighted by molar-refractivity contribution is 7.12. The molecule has 0 amide bonds. The third kappa shape index (κ3) is 1.60. The predicted octanol–water partition coefficient (Wildman–Crippen LogP) is 1.86. The molecule has 2 aliphatic rings. The lowest BCUT2D eigenvalue weighted by Gasteiger charge is -2.25. The van der Waals surface area contributed by atoms with Gasteiger partial charge in [-0.05, 0) is 32.2 Å². The van der Waals surface area contributed by atoms with E-state index in [4.69, 9.17) is 9.72 Å². The maximum Gasteiger partial charge on any atom is 0.116 e. The second-order valence-corrected chi connectivity index (χ2v) is 5.74. The molecule has 0 saturated carbocycles. The Morgan fingerprint density at radius 3 is 3.12 bits per heavy atom. The normalized spacial score (nSPS) is 28.6. The molecule has 1 aromatic heterocycles. The van der Waals surface area contributed by atoms with Gasteiger partial charge in [0.05, 0.1) is 17.8 Å². The van der Waals surface area contributed by atoms with Crippen LogP contribution in [-0.4, -0.2) is 24.7 Å². The Bertz CT molecular complexity index is 361. The Hall–Kier alpha value is -0.450. The average Bonchev–Trinajstić information content (AvgIpc) is 2.90. The second kappa shape index (κ2) is 4.09. The van der Waals surface area contributed by atoms with Gasteiger partial charge in [-0.3, -0.25) is 0 Å². The zero-order chi connectivity index (χ0) is 11.0. The molecule has 88 valence electrons. The maximum absolute atomic E-state index is 5.57. The highest BCUT2D eigenvalue weighted by atomic mass is 32.1. The fourth-order valence-electron chi connectivity index (χ4n) is 2.68. The van der Waals surface area contributed by atoms with Gasteiger partial charge < -0.3 is 10.1 Å². The molecule has 1 aliphatic heterocycles. The molecule has 1 fully saturated rings. The standard InChI is InChI=1S/C12H18N2OS/c1-2-13-12(6-7-15-8-12)11-14-9-4-3-5-10(9)16-11/h13H,2-8H2,1H3. The average molecular weight is 238 g/mol. The summed E-state index contributed by atoms with van der Waals surface area (Å²) in [5.74, 6) is 0. The summed E-state index contributed by atoms with van der Waals surface area (Å²) in [6, 6.07) is 0. The summed E-state index contributed by atoms with van der Waals surface area (Å²) in [7, 11) is 0. The van der Waals surface area contributed by atoms with Gasteiger partial charge in [-0.15, -0.1) is 11.3 Å². The molecule has 2 heterocycles. The van der Waals surface area contributed by atoms with Crippen LogP contribution in [0.5, 0.6) is 0 Å². The summed E-state index contributed by atoms with van der Waals surface area (Å²) in [5.41, 5.74) is 1.37. The molecule has 1 saturated heterocycles. The third-order valence-electron chi connectivity index (χ3n) is 3.54. The van der Waals surface area contributed by atoms with Gasteiger partial charge in [0.25, 0.3) is 0 Å². The molecule has 3 rings (SSSR count). The number of thiazole rings is 1. The first-order valence-corrected chi connectivity index (χ1v) is 6.97. The second-order valence-electron chi connectivity index (χ2n) is 4.66. The molecule has 3 nitrogen and oxygen atoms in total. The van der Waals surface area contributed by atoms with E-state index in [1.807, 2.05) is 11.3 Å². The van der Waals surface area contributed by atoms with Crippen molar-refractivity contribution in [2.24, 2.45) is 0 Å². The van der Waals surface area contributed by atoms with Crippen molar-refractivity contribution in [3.05, 3.63) is 15.6 Å². The number of hydrogen-bond acceptors (Lipinski definition) is 4. The van der Waals surface area contributed by atoms with Gasteiger partial charge in [-0.1, -0.05) is 6.92 Å². The number of aromatic nitrogens is 1. The summed E-state index contributed by atoms with van der Waals surface area (Å²) in [6.07, 6.45) is 4.76. The van der Waals surface area contributed by atoms with Crippen LogP contribution < -0.4 is 5.32 Å². The smallest absolute Gasteiger partial charge is 0.116 e. The van der Waals surface area contributed by atoms with E-state index in [0.717, 1.165) is 26.2 Å². The van der Waals surface area contributed by atoms with Crippen molar-refractivity contribution in [3.63, 3.8) is 0 Å². The number of fused-ring (bicyclic) bond motifs is 1. The minimum absolute atomic E-state index is 0.0176. The lowest BCUT2D eigenvalue weighted by molar-refractivity contribution is 0.167. The van der Waals surface area contributed by atoms with Crippen molar-refractivity contribution in [3.8, 4) is 0 Å². The first-order chi connectivity index (χ1) is 7.84. The van der Waals surface area contributed by atoms with E-state index < -0.39 is 0 Å². The molecular formula is C12H18N2OS. The van der Waals surface area contributed by atoms with Crippen molar-refractivity contribution >= 4 is 11.3 Å². The minimum Gasteiger partial charge on any atom is -0.379 e. The van der Waals surface area contributed by atoms with Crippen LogP contribution in [-0.2, 0) is 23.1 Å². The predicted molar refractivity (Wildman–Crippen MR) is 64.9 cm³/mol. The van der Waals surface area contributed by atoms with E-state index >= 15 is 0 Å². The molecule has 16 heavy (non-hydrogen) atoms. The summed E-state index contributed by atoms with van der Waals surface area (Å²) in [5, 5.41) is 4.85. The SMILES string of the molecule is CCNC1(c2nc3c(s2)CCC3)CCOC1. The van der Waals surface area contributed by atoms with Gasteiger partial charge in [0, 0.05) is 11.5 Å². The van der Waals surface area contributed by atoms with Crippen molar-refractivity contribution in [2.75, 3.05) is 19.8 Å². The van der Waals surface area contributed by atoms with Gasteiger partial charge >= 0.3 is 0 Å². The molecular weight excluding hydrogens is 220 g/mol. The molecule has 1 atom stereocenters. The fraction of sp³-hybridized carbons (Fsp3) is 0.750. The molecule has 0 bridgehead atoms. The highest BCUT2D eigenvalue weighted by Gasteiger charge is 2.39. The summed E-state index contributed by atoms with van der Waals surface area (Å²) >= 11 is 1.90. The topological polar surface area (TPSA) is 34.2 Å². The Labute approximate surface area is 100 Å². The molecule has 1 aliphatic carbocycles. The minimum atomic E-state index is 0.0176. The van der Waals surface area contributed by atoms with Gasteiger partial charge in [0.15, 0.2) is 0 Å². The van der Waals surface area contributed by atoms with Crippen molar-refractivity contribution < 1.29 is 4.74 Å². The summed E-state index contributed by atoms with van der Waals surface area (Å²) in [4.78, 5) is 6.35. The number of hydrogen-bond donors (Lipinski definition) is 1. The number of likely N-dealkylation sites (N-methyl/N-ethyl adjacent to an activating group) is 1. The Morgan fingerprint density at radius 2 is 2.44 bits per heavy atom. The van der Waals surface area contributed by atoms with Gasteiger partial charge in [0.1, 0.15) is 5.01 Å². The van der Waals surface area contributed by atoms with Crippen LogP contribution >= 0.6 is 11.3 Å². The maximum atomic E-state index is 5.57. The zero-order valence-corrected chi connectivity index (χ0v) is 10.5. The molecule has 1 unspecified atom stereocenters. The number of aryl methyl sites for hydroxylation is 2. The molecule has 1 aromatic rings. The fourth-order valence-corrected chi connectivity index (χ4v) is 4.01. The molecule has 0 spiro atoms.